The lowest BCUT2D eigenvalue weighted by atomic mass is 10.0. The highest BCUT2D eigenvalue weighted by molar-refractivity contribution is 5.82. The van der Waals surface area contributed by atoms with E-state index >= 15 is 0 Å². The van der Waals surface area contributed by atoms with Gasteiger partial charge in [-0.15, -0.1) is 0 Å². The van der Waals surface area contributed by atoms with E-state index in [9.17, 15) is 9.18 Å². The second-order valence-corrected chi connectivity index (χ2v) is 8.63. The van der Waals surface area contributed by atoms with Crippen LogP contribution in [0.5, 0.6) is 0 Å². The van der Waals surface area contributed by atoms with Crippen LogP contribution in [-0.4, -0.2) is 65.9 Å². The van der Waals surface area contributed by atoms with Crippen molar-refractivity contribution in [2.45, 2.75) is 102 Å². The molecule has 0 spiro atoms. The molecule has 1 unspecified atom stereocenters. The molecule has 3 rings (SSSR count). The lowest BCUT2D eigenvalue weighted by Crippen LogP contribution is -2.54. The first kappa shape index (κ1) is 21.0. The number of rotatable bonds is 4. The Kier molecular flexibility index (Phi) is 7.87. The van der Waals surface area contributed by atoms with Crippen LogP contribution in [-0.2, 0) is 9.53 Å². The zero-order valence-electron chi connectivity index (χ0n) is 17.0. The molecule has 0 aromatic heterocycles. The molecule has 3 aliphatic rings. The summed E-state index contributed by atoms with van der Waals surface area (Å²) in [7, 11) is 0. The van der Waals surface area contributed by atoms with Crippen LogP contribution in [0.3, 0.4) is 0 Å². The standard InChI is InChI=1S/C20H37FN4O2/c1-15(2)27-19-11-12-24(13-17(19)21)20(26)18-14-25(23-22-18)16-9-7-5-3-4-6-8-10-16/h15-19,22-23H,3-14H2,1-2H3/t17-,18?,19+/m1/s1. The lowest BCUT2D eigenvalue weighted by Gasteiger charge is -2.36. The molecule has 27 heavy (non-hydrogen) atoms. The number of alkyl halides is 1. The molecule has 2 aliphatic heterocycles. The van der Waals surface area contributed by atoms with Crippen LogP contribution < -0.4 is 11.0 Å². The van der Waals surface area contributed by atoms with Crippen molar-refractivity contribution in [1.29, 1.82) is 0 Å². The van der Waals surface area contributed by atoms with Crippen LogP contribution in [0.1, 0.15) is 71.6 Å². The van der Waals surface area contributed by atoms with Crippen LogP contribution in [0.4, 0.5) is 4.39 Å². The van der Waals surface area contributed by atoms with Crippen molar-refractivity contribution >= 4 is 5.91 Å². The van der Waals surface area contributed by atoms with Crippen molar-refractivity contribution in [3.05, 3.63) is 0 Å². The number of amides is 1. The smallest absolute Gasteiger partial charge is 0.242 e. The molecule has 2 saturated heterocycles. The van der Waals surface area contributed by atoms with Gasteiger partial charge in [-0.25, -0.2) is 14.8 Å². The third-order valence-corrected chi connectivity index (χ3v) is 6.07. The van der Waals surface area contributed by atoms with Crippen LogP contribution >= 0.6 is 0 Å². The van der Waals surface area contributed by atoms with E-state index in [0.717, 1.165) is 0 Å². The van der Waals surface area contributed by atoms with Gasteiger partial charge in [0.2, 0.25) is 5.91 Å². The molecule has 6 nitrogen and oxygen atoms in total. The van der Waals surface area contributed by atoms with E-state index in [0.29, 0.717) is 25.6 Å². The van der Waals surface area contributed by atoms with Crippen LogP contribution in [0.15, 0.2) is 0 Å². The molecule has 7 heteroatoms. The predicted molar refractivity (Wildman–Crippen MR) is 104 cm³/mol. The highest BCUT2D eigenvalue weighted by atomic mass is 19.1. The van der Waals surface area contributed by atoms with Gasteiger partial charge in [-0.2, -0.15) is 5.53 Å². The molecular weight excluding hydrogens is 347 g/mol. The Labute approximate surface area is 163 Å². The molecule has 2 heterocycles. The molecular formula is C20H37FN4O2. The molecule has 156 valence electrons. The monoisotopic (exact) mass is 384 g/mol. The summed E-state index contributed by atoms with van der Waals surface area (Å²) in [6, 6.07) is 0.180. The number of likely N-dealkylation sites (tertiary alicyclic amines) is 1. The number of ether oxygens (including phenoxy) is 1. The van der Waals surface area contributed by atoms with Gasteiger partial charge in [0, 0.05) is 19.1 Å². The summed E-state index contributed by atoms with van der Waals surface area (Å²) in [4.78, 5) is 14.5. The van der Waals surface area contributed by atoms with Gasteiger partial charge in [-0.05, 0) is 33.1 Å². The number of halogens is 1. The summed E-state index contributed by atoms with van der Waals surface area (Å²) in [5.74, 6) is -0.00119. The summed E-state index contributed by atoms with van der Waals surface area (Å²) < 4.78 is 20.1. The summed E-state index contributed by atoms with van der Waals surface area (Å²) in [6.45, 7) is 5.20. The van der Waals surface area contributed by atoms with Crippen molar-refractivity contribution < 1.29 is 13.9 Å². The Morgan fingerprint density at radius 1 is 1.04 bits per heavy atom. The van der Waals surface area contributed by atoms with Gasteiger partial charge in [0.25, 0.3) is 0 Å². The molecule has 0 radical (unpaired) electrons. The molecule has 1 aliphatic carbocycles. The molecule has 3 atom stereocenters. The number of nitrogens with one attached hydrogen (secondary N) is 2. The molecule has 1 amide bonds. The lowest BCUT2D eigenvalue weighted by molar-refractivity contribution is -0.140. The maximum Gasteiger partial charge on any atom is 0.242 e. The number of nitrogens with zero attached hydrogens (tertiary/aromatic N) is 2. The van der Waals surface area contributed by atoms with E-state index in [-0.39, 0.29) is 30.7 Å². The summed E-state index contributed by atoms with van der Waals surface area (Å²) >= 11 is 0. The highest BCUT2D eigenvalue weighted by Gasteiger charge is 2.38. The molecule has 1 saturated carbocycles. The third kappa shape index (κ3) is 5.86. The van der Waals surface area contributed by atoms with E-state index in [1.807, 2.05) is 13.8 Å². The minimum Gasteiger partial charge on any atom is -0.372 e. The number of carbonyl (C=O) groups is 1. The van der Waals surface area contributed by atoms with Crippen LogP contribution in [0.2, 0.25) is 0 Å². The topological polar surface area (TPSA) is 56.8 Å². The quantitative estimate of drug-likeness (QED) is 0.780. The van der Waals surface area contributed by atoms with E-state index in [1.54, 1.807) is 4.90 Å². The van der Waals surface area contributed by atoms with E-state index in [1.165, 1.54) is 51.4 Å². The number of piperidine rings is 1. The van der Waals surface area contributed by atoms with Gasteiger partial charge < -0.3 is 9.64 Å². The Balaban J connectivity index is 1.48. The van der Waals surface area contributed by atoms with Crippen molar-refractivity contribution in [1.82, 2.24) is 20.9 Å². The van der Waals surface area contributed by atoms with E-state index in [4.69, 9.17) is 4.74 Å². The molecule has 2 N–H and O–H groups in total. The van der Waals surface area contributed by atoms with Crippen LogP contribution in [0, 0.1) is 0 Å². The highest BCUT2D eigenvalue weighted by Crippen LogP contribution is 2.23. The SMILES string of the molecule is CC(C)O[C@H]1CCN(C(=O)C2CN(C3CCCCCCCC3)NN2)C[C@H]1F. The van der Waals surface area contributed by atoms with Gasteiger partial charge >= 0.3 is 0 Å². The largest absolute Gasteiger partial charge is 0.372 e. The summed E-state index contributed by atoms with van der Waals surface area (Å²) in [5.41, 5.74) is 6.37. The summed E-state index contributed by atoms with van der Waals surface area (Å²) in [6.07, 6.45) is 9.28. The molecule has 3 fully saturated rings. The zero-order valence-corrected chi connectivity index (χ0v) is 17.0. The van der Waals surface area contributed by atoms with Crippen LogP contribution in [0.25, 0.3) is 0 Å². The fourth-order valence-corrected chi connectivity index (χ4v) is 4.56. The number of hydrogen-bond donors (Lipinski definition) is 2. The maximum atomic E-state index is 14.4. The van der Waals surface area contributed by atoms with Crippen molar-refractivity contribution in [2.24, 2.45) is 0 Å². The minimum absolute atomic E-state index is 0.00119. The van der Waals surface area contributed by atoms with Gasteiger partial charge in [0.05, 0.1) is 18.8 Å². The van der Waals surface area contributed by atoms with Gasteiger partial charge in [-0.3, -0.25) is 4.79 Å². The maximum absolute atomic E-state index is 14.4. The first-order valence-electron chi connectivity index (χ1n) is 10.9. The van der Waals surface area contributed by atoms with Crippen molar-refractivity contribution in [3.8, 4) is 0 Å². The fourth-order valence-electron chi connectivity index (χ4n) is 4.56. The van der Waals surface area contributed by atoms with Crippen molar-refractivity contribution in [3.63, 3.8) is 0 Å². The second-order valence-electron chi connectivity index (χ2n) is 8.63. The van der Waals surface area contributed by atoms with Gasteiger partial charge in [0.15, 0.2) is 0 Å². The molecule has 0 aromatic rings. The normalized spacial score (nSPS) is 32.3. The first-order chi connectivity index (χ1) is 13.0. The zero-order chi connectivity index (χ0) is 19.2. The molecule has 0 aromatic carbocycles. The third-order valence-electron chi connectivity index (χ3n) is 6.07. The van der Waals surface area contributed by atoms with Gasteiger partial charge in [0.1, 0.15) is 12.2 Å². The first-order valence-corrected chi connectivity index (χ1v) is 10.9. The van der Waals surface area contributed by atoms with Crippen molar-refractivity contribution in [2.75, 3.05) is 19.6 Å². The Bertz CT molecular complexity index is 469. The van der Waals surface area contributed by atoms with E-state index in [2.05, 4.69) is 16.0 Å². The average molecular weight is 385 g/mol. The fraction of sp³-hybridized carbons (Fsp3) is 0.950. The summed E-state index contributed by atoms with van der Waals surface area (Å²) in [5, 5.41) is 2.20. The minimum atomic E-state index is -1.11. The van der Waals surface area contributed by atoms with E-state index < -0.39 is 6.17 Å². The molecule has 0 bridgehead atoms. The average Bonchev–Trinajstić information content (AvgIpc) is 3.16. The van der Waals surface area contributed by atoms with Gasteiger partial charge in [-0.1, -0.05) is 38.5 Å². The number of carbonyl (C=O) groups excluding carboxylic acids is 1. The second kappa shape index (κ2) is 10.1. The number of hydrogen-bond acceptors (Lipinski definition) is 5. The Morgan fingerprint density at radius 3 is 2.33 bits per heavy atom. The number of hydrazine groups is 2. The Morgan fingerprint density at radius 2 is 1.70 bits per heavy atom. The predicted octanol–water partition coefficient (Wildman–Crippen LogP) is 2.55. The Hall–Kier alpha value is -0.760.